The number of aromatic nitrogens is 1. The maximum atomic E-state index is 11.6. The van der Waals surface area contributed by atoms with Crippen LogP contribution in [0.1, 0.15) is 10.4 Å². The van der Waals surface area contributed by atoms with Gasteiger partial charge in [-0.25, -0.2) is 4.79 Å². The topological polar surface area (TPSA) is 57.7 Å². The molecule has 2 aromatic carbocycles. The number of nitrogens with zero attached hydrogens (tertiary/aromatic N) is 1. The molecule has 0 saturated carbocycles. The number of fused-ring (bicyclic) bond motifs is 1. The molecule has 0 aliphatic carbocycles. The highest BCUT2D eigenvalue weighted by atomic mass is 35.5. The van der Waals surface area contributed by atoms with Crippen molar-refractivity contribution >= 4 is 28.5 Å². The van der Waals surface area contributed by atoms with Gasteiger partial charge < -0.3 is 14.2 Å². The standard InChI is InChI=1S/C18H14ClNO4/c1-22-17-9-11(18(21)23-2)3-6-16(17)24-15-7-8-20-14-10-12(19)4-5-13(14)15/h3-10H,1-2H3. The van der Waals surface area contributed by atoms with Gasteiger partial charge in [0.2, 0.25) is 0 Å². The van der Waals surface area contributed by atoms with E-state index in [0.29, 0.717) is 27.8 Å². The van der Waals surface area contributed by atoms with Crippen LogP contribution in [0.5, 0.6) is 17.2 Å². The molecular formula is C18H14ClNO4. The zero-order valence-corrected chi connectivity index (χ0v) is 13.8. The Morgan fingerprint density at radius 2 is 1.83 bits per heavy atom. The molecule has 0 radical (unpaired) electrons. The Hall–Kier alpha value is -2.79. The van der Waals surface area contributed by atoms with Gasteiger partial charge in [0.25, 0.3) is 0 Å². The van der Waals surface area contributed by atoms with Gasteiger partial charge in [0.1, 0.15) is 5.75 Å². The summed E-state index contributed by atoms with van der Waals surface area (Å²) in [5, 5.41) is 1.42. The third kappa shape index (κ3) is 3.12. The highest BCUT2D eigenvalue weighted by molar-refractivity contribution is 6.31. The summed E-state index contributed by atoms with van der Waals surface area (Å²) < 4.78 is 16.0. The van der Waals surface area contributed by atoms with Crippen molar-refractivity contribution < 1.29 is 19.0 Å². The lowest BCUT2D eigenvalue weighted by molar-refractivity contribution is 0.0600. The van der Waals surface area contributed by atoms with Gasteiger partial charge in [-0.2, -0.15) is 0 Å². The maximum Gasteiger partial charge on any atom is 0.337 e. The molecule has 1 aromatic heterocycles. The number of pyridine rings is 1. The Kier molecular flexibility index (Phi) is 4.53. The zero-order chi connectivity index (χ0) is 17.1. The monoisotopic (exact) mass is 343 g/mol. The zero-order valence-electron chi connectivity index (χ0n) is 13.1. The summed E-state index contributed by atoms with van der Waals surface area (Å²) >= 11 is 6.00. The quantitative estimate of drug-likeness (QED) is 0.654. The van der Waals surface area contributed by atoms with Crippen LogP contribution in [0.25, 0.3) is 10.9 Å². The molecule has 0 unspecified atom stereocenters. The van der Waals surface area contributed by atoms with Crippen LogP contribution in [0.3, 0.4) is 0 Å². The minimum atomic E-state index is -0.441. The molecular weight excluding hydrogens is 330 g/mol. The van der Waals surface area contributed by atoms with Crippen LogP contribution in [0, 0.1) is 0 Å². The fourth-order valence-corrected chi connectivity index (χ4v) is 2.47. The maximum absolute atomic E-state index is 11.6. The first-order valence-corrected chi connectivity index (χ1v) is 7.48. The molecule has 0 amide bonds. The van der Waals surface area contributed by atoms with E-state index >= 15 is 0 Å². The lowest BCUT2D eigenvalue weighted by atomic mass is 10.2. The predicted octanol–water partition coefficient (Wildman–Crippen LogP) is 4.48. The van der Waals surface area contributed by atoms with Crippen LogP contribution in [0.2, 0.25) is 5.02 Å². The molecule has 0 aliphatic rings. The van der Waals surface area contributed by atoms with E-state index in [9.17, 15) is 4.79 Å². The van der Waals surface area contributed by atoms with Gasteiger partial charge in [-0.1, -0.05) is 11.6 Å². The van der Waals surface area contributed by atoms with E-state index in [4.69, 9.17) is 25.8 Å². The van der Waals surface area contributed by atoms with Crippen molar-refractivity contribution in [3.63, 3.8) is 0 Å². The summed E-state index contributed by atoms with van der Waals surface area (Å²) in [6.45, 7) is 0. The SMILES string of the molecule is COC(=O)c1ccc(Oc2ccnc3cc(Cl)ccc23)c(OC)c1. The number of carbonyl (C=O) groups excluding carboxylic acids is 1. The third-order valence-electron chi connectivity index (χ3n) is 3.47. The highest BCUT2D eigenvalue weighted by Crippen LogP contribution is 2.35. The van der Waals surface area contributed by atoms with Crippen molar-refractivity contribution in [1.29, 1.82) is 0 Å². The molecule has 6 heteroatoms. The summed E-state index contributed by atoms with van der Waals surface area (Å²) in [5.74, 6) is 1.08. The van der Waals surface area contributed by atoms with Gasteiger partial charge in [-0.15, -0.1) is 0 Å². The summed E-state index contributed by atoms with van der Waals surface area (Å²) in [6, 6.07) is 12.0. The van der Waals surface area contributed by atoms with Crippen molar-refractivity contribution in [2.75, 3.05) is 14.2 Å². The number of benzene rings is 2. The Bertz CT molecular complexity index is 911. The summed E-state index contributed by atoms with van der Waals surface area (Å²) in [6.07, 6.45) is 1.64. The first-order chi connectivity index (χ1) is 11.6. The minimum absolute atomic E-state index is 0.382. The fraction of sp³-hybridized carbons (Fsp3) is 0.111. The first-order valence-electron chi connectivity index (χ1n) is 7.11. The second-order valence-corrected chi connectivity index (χ2v) is 5.37. The normalized spacial score (nSPS) is 10.5. The van der Waals surface area contributed by atoms with E-state index in [1.54, 1.807) is 42.6 Å². The van der Waals surface area contributed by atoms with Crippen molar-refractivity contribution in [2.24, 2.45) is 0 Å². The fourth-order valence-electron chi connectivity index (χ4n) is 2.30. The van der Waals surface area contributed by atoms with E-state index in [2.05, 4.69) is 4.98 Å². The van der Waals surface area contributed by atoms with Crippen molar-refractivity contribution in [3.05, 3.63) is 59.2 Å². The Morgan fingerprint density at radius 3 is 2.58 bits per heavy atom. The molecule has 0 fully saturated rings. The average molecular weight is 344 g/mol. The molecule has 0 atom stereocenters. The van der Waals surface area contributed by atoms with E-state index < -0.39 is 5.97 Å². The number of esters is 1. The molecule has 122 valence electrons. The number of ether oxygens (including phenoxy) is 3. The van der Waals surface area contributed by atoms with Gasteiger partial charge in [0, 0.05) is 16.6 Å². The molecule has 0 N–H and O–H groups in total. The number of halogens is 1. The van der Waals surface area contributed by atoms with Gasteiger partial charge in [0.05, 0.1) is 25.3 Å². The Labute approximate surface area is 143 Å². The molecule has 5 nitrogen and oxygen atoms in total. The van der Waals surface area contributed by atoms with Gasteiger partial charge >= 0.3 is 5.97 Å². The van der Waals surface area contributed by atoms with Crippen LogP contribution in [-0.4, -0.2) is 25.2 Å². The summed E-state index contributed by atoms with van der Waals surface area (Å²) in [4.78, 5) is 15.9. The molecule has 24 heavy (non-hydrogen) atoms. The third-order valence-corrected chi connectivity index (χ3v) is 3.70. The van der Waals surface area contributed by atoms with Crippen LogP contribution in [0.15, 0.2) is 48.7 Å². The molecule has 0 bridgehead atoms. The van der Waals surface area contributed by atoms with Crippen LogP contribution < -0.4 is 9.47 Å². The van der Waals surface area contributed by atoms with Gasteiger partial charge in [0.15, 0.2) is 11.5 Å². The first kappa shape index (κ1) is 16.1. The summed E-state index contributed by atoms with van der Waals surface area (Å²) in [7, 11) is 2.83. The Balaban J connectivity index is 2.01. The van der Waals surface area contributed by atoms with Crippen molar-refractivity contribution in [1.82, 2.24) is 4.98 Å². The van der Waals surface area contributed by atoms with Gasteiger partial charge in [-0.3, -0.25) is 4.98 Å². The largest absolute Gasteiger partial charge is 0.493 e. The molecule has 1 heterocycles. The lowest BCUT2D eigenvalue weighted by Crippen LogP contribution is -2.02. The minimum Gasteiger partial charge on any atom is -0.493 e. The van der Waals surface area contributed by atoms with Crippen LogP contribution >= 0.6 is 11.6 Å². The number of carbonyl (C=O) groups is 1. The molecule has 3 aromatic rings. The Morgan fingerprint density at radius 1 is 1.00 bits per heavy atom. The molecule has 0 aliphatic heterocycles. The second kappa shape index (κ2) is 6.76. The van der Waals surface area contributed by atoms with E-state index in [0.717, 1.165) is 10.9 Å². The number of rotatable bonds is 4. The highest BCUT2D eigenvalue weighted by Gasteiger charge is 2.13. The van der Waals surface area contributed by atoms with Crippen molar-refractivity contribution in [3.8, 4) is 17.2 Å². The average Bonchev–Trinajstić information content (AvgIpc) is 2.61. The number of hydrogen-bond donors (Lipinski definition) is 0. The van der Waals surface area contributed by atoms with Crippen LogP contribution in [-0.2, 0) is 4.74 Å². The molecule has 3 rings (SSSR count). The second-order valence-electron chi connectivity index (χ2n) is 4.93. The molecule has 0 spiro atoms. The van der Waals surface area contributed by atoms with Crippen molar-refractivity contribution in [2.45, 2.75) is 0 Å². The molecule has 0 saturated heterocycles. The van der Waals surface area contributed by atoms with E-state index in [1.165, 1.54) is 14.2 Å². The smallest absolute Gasteiger partial charge is 0.337 e. The van der Waals surface area contributed by atoms with E-state index in [1.807, 2.05) is 6.07 Å². The lowest BCUT2D eigenvalue weighted by Gasteiger charge is -2.13. The number of methoxy groups -OCH3 is 2. The van der Waals surface area contributed by atoms with Gasteiger partial charge in [-0.05, 0) is 42.5 Å². The predicted molar refractivity (Wildman–Crippen MR) is 91.2 cm³/mol. The summed E-state index contributed by atoms with van der Waals surface area (Å²) in [5.41, 5.74) is 1.11. The van der Waals surface area contributed by atoms with E-state index in [-0.39, 0.29) is 0 Å². The number of hydrogen-bond acceptors (Lipinski definition) is 5. The van der Waals surface area contributed by atoms with Crippen LogP contribution in [0.4, 0.5) is 0 Å².